The van der Waals surface area contributed by atoms with Crippen molar-refractivity contribution in [2.24, 2.45) is 11.8 Å². The van der Waals surface area contributed by atoms with Crippen LogP contribution in [0.1, 0.15) is 20.3 Å². The molecule has 0 radical (unpaired) electrons. The van der Waals surface area contributed by atoms with Gasteiger partial charge in [0, 0.05) is 13.1 Å². The number of likely N-dealkylation sites (tertiary alicyclic amines) is 1. The summed E-state index contributed by atoms with van der Waals surface area (Å²) in [6, 6.07) is 14.9. The molecule has 1 saturated heterocycles. The van der Waals surface area contributed by atoms with Gasteiger partial charge in [0.05, 0.1) is 27.5 Å². The Bertz CT molecular complexity index is 1120. The van der Waals surface area contributed by atoms with Gasteiger partial charge in [-0.25, -0.2) is 4.98 Å². The molecule has 1 N–H and O–H groups in total. The van der Waals surface area contributed by atoms with Crippen LogP contribution in [0.25, 0.3) is 11.0 Å². The molecule has 6 nitrogen and oxygen atoms in total. The third kappa shape index (κ3) is 5.27. The molecule has 0 saturated carbocycles. The van der Waals surface area contributed by atoms with Crippen LogP contribution < -0.4 is 5.32 Å². The topological polar surface area (TPSA) is 67.2 Å². The number of aromatic nitrogens is 2. The molecule has 1 aliphatic heterocycles. The predicted molar refractivity (Wildman–Crippen MR) is 130 cm³/mol. The van der Waals surface area contributed by atoms with Gasteiger partial charge in [-0.3, -0.25) is 9.59 Å². The number of fused-ring (bicyclic) bond motifs is 1. The lowest BCUT2D eigenvalue weighted by Crippen LogP contribution is -2.44. The molecular weight excluding hydrogens is 444 g/mol. The van der Waals surface area contributed by atoms with Crippen molar-refractivity contribution in [3.8, 4) is 0 Å². The van der Waals surface area contributed by atoms with E-state index in [0.717, 1.165) is 30.5 Å². The third-order valence-corrected chi connectivity index (χ3v) is 6.92. The van der Waals surface area contributed by atoms with Gasteiger partial charge in [0.25, 0.3) is 0 Å². The number of piperidine rings is 1. The Kier molecular flexibility index (Phi) is 7.06. The molecule has 32 heavy (non-hydrogen) atoms. The average molecular weight is 471 g/mol. The summed E-state index contributed by atoms with van der Waals surface area (Å²) in [7, 11) is 0. The Morgan fingerprint density at radius 3 is 2.53 bits per heavy atom. The van der Waals surface area contributed by atoms with Crippen molar-refractivity contribution in [3.63, 3.8) is 0 Å². The lowest BCUT2D eigenvalue weighted by atomic mass is 9.92. The molecule has 0 spiro atoms. The molecule has 1 aliphatic rings. The van der Waals surface area contributed by atoms with Gasteiger partial charge in [-0.1, -0.05) is 61.5 Å². The van der Waals surface area contributed by atoms with E-state index in [9.17, 15) is 9.59 Å². The van der Waals surface area contributed by atoms with Gasteiger partial charge >= 0.3 is 0 Å². The zero-order valence-corrected chi connectivity index (χ0v) is 19.8. The minimum absolute atomic E-state index is 0.0916. The zero-order chi connectivity index (χ0) is 22.7. The van der Waals surface area contributed by atoms with E-state index in [1.165, 1.54) is 11.8 Å². The fourth-order valence-electron chi connectivity index (χ4n) is 4.30. The van der Waals surface area contributed by atoms with E-state index in [1.54, 1.807) is 12.1 Å². The molecule has 0 unspecified atom stereocenters. The van der Waals surface area contributed by atoms with Crippen molar-refractivity contribution in [1.82, 2.24) is 14.5 Å². The molecular formula is C24H27ClN4O2S. The van der Waals surface area contributed by atoms with Gasteiger partial charge in [-0.15, -0.1) is 0 Å². The second kappa shape index (κ2) is 9.96. The Morgan fingerprint density at radius 1 is 1.09 bits per heavy atom. The fourth-order valence-corrected chi connectivity index (χ4v) is 5.29. The second-order valence-corrected chi connectivity index (χ2v) is 9.88. The van der Waals surface area contributed by atoms with E-state index in [0.29, 0.717) is 27.7 Å². The number of carbonyl (C=O) groups excluding carboxylic acids is 2. The number of amides is 2. The number of para-hydroxylation sites is 3. The summed E-state index contributed by atoms with van der Waals surface area (Å²) in [6.07, 6.45) is 1.15. The smallest absolute Gasteiger partial charge is 0.242 e. The molecule has 1 fully saturated rings. The van der Waals surface area contributed by atoms with Crippen LogP contribution >= 0.6 is 23.4 Å². The molecule has 8 heteroatoms. The Hall–Kier alpha value is -2.51. The number of imidazole rings is 1. The Balaban J connectivity index is 1.49. The lowest BCUT2D eigenvalue weighted by Gasteiger charge is -2.35. The molecule has 2 aromatic carbocycles. The summed E-state index contributed by atoms with van der Waals surface area (Å²) < 4.78 is 1.93. The van der Waals surface area contributed by atoms with Crippen molar-refractivity contribution < 1.29 is 9.59 Å². The van der Waals surface area contributed by atoms with Gasteiger partial charge in [-0.2, -0.15) is 0 Å². The summed E-state index contributed by atoms with van der Waals surface area (Å²) in [4.78, 5) is 32.3. The maximum atomic E-state index is 13.1. The van der Waals surface area contributed by atoms with Crippen molar-refractivity contribution in [2.75, 3.05) is 24.2 Å². The van der Waals surface area contributed by atoms with Gasteiger partial charge in [-0.05, 0) is 42.5 Å². The highest BCUT2D eigenvalue weighted by molar-refractivity contribution is 7.99. The van der Waals surface area contributed by atoms with Crippen LogP contribution in [0.15, 0.2) is 53.7 Å². The SMILES string of the molecule is C[C@H]1C[C@H](C)CN(C(=O)Cn2c(SCC(=O)Nc3ccccc3Cl)nc3ccccc32)C1. The fraction of sp³-hybridized carbons (Fsp3) is 0.375. The highest BCUT2D eigenvalue weighted by Crippen LogP contribution is 2.27. The minimum atomic E-state index is -0.174. The number of hydrogen-bond acceptors (Lipinski definition) is 4. The van der Waals surface area contributed by atoms with E-state index in [4.69, 9.17) is 11.6 Å². The van der Waals surface area contributed by atoms with Gasteiger partial charge in [0.1, 0.15) is 6.54 Å². The Morgan fingerprint density at radius 2 is 1.78 bits per heavy atom. The first kappa shape index (κ1) is 22.7. The van der Waals surface area contributed by atoms with Crippen LogP contribution in [0.4, 0.5) is 5.69 Å². The van der Waals surface area contributed by atoms with Crippen LogP contribution in [0, 0.1) is 11.8 Å². The van der Waals surface area contributed by atoms with E-state index in [1.807, 2.05) is 45.9 Å². The first-order chi connectivity index (χ1) is 15.4. The zero-order valence-electron chi connectivity index (χ0n) is 18.3. The summed E-state index contributed by atoms with van der Waals surface area (Å²) in [5, 5.41) is 3.99. The van der Waals surface area contributed by atoms with Crippen molar-refractivity contribution >= 4 is 51.9 Å². The molecule has 1 aromatic heterocycles. The Labute approximate surface area is 197 Å². The number of nitrogens with zero attached hydrogens (tertiary/aromatic N) is 3. The summed E-state index contributed by atoms with van der Waals surface area (Å²) in [5.74, 6) is 1.09. The quantitative estimate of drug-likeness (QED) is 0.519. The highest BCUT2D eigenvalue weighted by Gasteiger charge is 2.26. The number of rotatable bonds is 6. The van der Waals surface area contributed by atoms with Crippen LogP contribution in [0.5, 0.6) is 0 Å². The molecule has 2 amide bonds. The van der Waals surface area contributed by atoms with Crippen LogP contribution in [-0.2, 0) is 16.1 Å². The molecule has 0 bridgehead atoms. The van der Waals surface area contributed by atoms with E-state index >= 15 is 0 Å². The number of anilines is 1. The van der Waals surface area contributed by atoms with Crippen molar-refractivity contribution in [2.45, 2.75) is 32.0 Å². The maximum absolute atomic E-state index is 13.1. The van der Waals surface area contributed by atoms with Crippen molar-refractivity contribution in [3.05, 3.63) is 53.6 Å². The van der Waals surface area contributed by atoms with Gasteiger partial charge in [0.2, 0.25) is 11.8 Å². The monoisotopic (exact) mass is 470 g/mol. The molecule has 168 valence electrons. The number of nitrogens with one attached hydrogen (secondary N) is 1. The van der Waals surface area contributed by atoms with Gasteiger partial charge in [0.15, 0.2) is 5.16 Å². The van der Waals surface area contributed by atoms with Crippen LogP contribution in [0.2, 0.25) is 5.02 Å². The average Bonchev–Trinajstić information content (AvgIpc) is 3.10. The summed E-state index contributed by atoms with van der Waals surface area (Å²) in [5.41, 5.74) is 2.29. The predicted octanol–water partition coefficient (Wildman–Crippen LogP) is 4.93. The summed E-state index contributed by atoms with van der Waals surface area (Å²) >= 11 is 7.46. The van der Waals surface area contributed by atoms with Gasteiger partial charge < -0.3 is 14.8 Å². The second-order valence-electron chi connectivity index (χ2n) is 8.53. The molecule has 0 aliphatic carbocycles. The lowest BCUT2D eigenvalue weighted by molar-refractivity contribution is -0.134. The normalized spacial score (nSPS) is 18.7. The molecule has 2 heterocycles. The number of hydrogen-bond donors (Lipinski definition) is 1. The molecule has 3 aromatic rings. The number of thioether (sulfide) groups is 1. The van der Waals surface area contributed by atoms with Crippen molar-refractivity contribution in [1.29, 1.82) is 0 Å². The largest absolute Gasteiger partial charge is 0.341 e. The minimum Gasteiger partial charge on any atom is -0.341 e. The van der Waals surface area contributed by atoms with Crippen LogP contribution in [0.3, 0.4) is 0 Å². The maximum Gasteiger partial charge on any atom is 0.242 e. The number of halogens is 1. The standard InChI is InChI=1S/C24H27ClN4O2S/c1-16-11-17(2)13-28(12-16)23(31)14-29-21-10-6-5-9-20(21)27-24(29)32-15-22(30)26-19-8-4-3-7-18(19)25/h3-10,16-17H,11-15H2,1-2H3,(H,26,30)/t16-,17-/m0/s1. The first-order valence-corrected chi connectivity index (χ1v) is 12.2. The molecule has 4 rings (SSSR count). The van der Waals surface area contributed by atoms with E-state index in [2.05, 4.69) is 24.1 Å². The third-order valence-electron chi connectivity index (χ3n) is 5.61. The number of benzene rings is 2. The van der Waals surface area contributed by atoms with E-state index < -0.39 is 0 Å². The van der Waals surface area contributed by atoms with E-state index in [-0.39, 0.29) is 24.1 Å². The molecule has 2 atom stereocenters. The summed E-state index contributed by atoms with van der Waals surface area (Å²) in [6.45, 7) is 6.19. The highest BCUT2D eigenvalue weighted by atomic mass is 35.5. The van der Waals surface area contributed by atoms with Crippen LogP contribution in [-0.4, -0.2) is 45.1 Å². The number of carbonyl (C=O) groups is 2. The first-order valence-electron chi connectivity index (χ1n) is 10.8.